The molecule has 0 spiro atoms. The Morgan fingerprint density at radius 2 is 1.95 bits per heavy atom. The normalized spacial score (nSPS) is 11.1. The minimum Gasteiger partial charge on any atom is -0.318 e. The number of para-hydroxylation sites is 1. The van der Waals surface area contributed by atoms with E-state index in [1.807, 2.05) is 13.1 Å². The lowest BCUT2D eigenvalue weighted by atomic mass is 10.1. The number of nitrogens with zero attached hydrogens (tertiary/aromatic N) is 2. The Balaban J connectivity index is 2.38. The van der Waals surface area contributed by atoms with E-state index >= 15 is 0 Å². The summed E-state index contributed by atoms with van der Waals surface area (Å²) in [5.74, 6) is 0.456. The van der Waals surface area contributed by atoms with Crippen molar-refractivity contribution in [3.63, 3.8) is 0 Å². The molecular weight excluding hydrogens is 266 g/mol. The van der Waals surface area contributed by atoms with Crippen molar-refractivity contribution >= 4 is 22.2 Å². The van der Waals surface area contributed by atoms with E-state index < -0.39 is 0 Å². The minimum atomic E-state index is 0.456. The van der Waals surface area contributed by atoms with Gasteiger partial charge in [-0.1, -0.05) is 43.4 Å². The molecule has 0 saturated heterocycles. The van der Waals surface area contributed by atoms with Crippen molar-refractivity contribution in [3.8, 4) is 0 Å². The van der Waals surface area contributed by atoms with Crippen molar-refractivity contribution in [2.75, 3.05) is 18.5 Å². The Morgan fingerprint density at radius 1 is 1.25 bits per heavy atom. The van der Waals surface area contributed by atoms with Gasteiger partial charge in [0, 0.05) is 23.7 Å². The Hall–Kier alpha value is -1.39. The number of hydrogen-bond donors (Lipinski definition) is 1. The van der Waals surface area contributed by atoms with E-state index in [2.05, 4.69) is 55.3 Å². The van der Waals surface area contributed by atoms with E-state index in [4.69, 9.17) is 4.98 Å². The zero-order chi connectivity index (χ0) is 14.5. The molecule has 4 heteroatoms. The van der Waals surface area contributed by atoms with E-state index in [0.29, 0.717) is 5.92 Å². The molecule has 2 rings (SSSR count). The van der Waals surface area contributed by atoms with Gasteiger partial charge < -0.3 is 10.2 Å². The second kappa shape index (κ2) is 6.86. The summed E-state index contributed by atoms with van der Waals surface area (Å²) in [4.78, 5) is 8.49. The van der Waals surface area contributed by atoms with Gasteiger partial charge in [0.2, 0.25) is 0 Å². The molecule has 1 N–H and O–H groups in total. The van der Waals surface area contributed by atoms with Crippen LogP contribution in [-0.4, -0.2) is 18.6 Å². The van der Waals surface area contributed by atoms with E-state index in [1.165, 1.54) is 16.3 Å². The smallest absolute Gasteiger partial charge is 0.190 e. The number of aromatic nitrogens is 1. The van der Waals surface area contributed by atoms with Crippen molar-refractivity contribution in [1.29, 1.82) is 0 Å². The molecule has 3 nitrogen and oxygen atoms in total. The van der Waals surface area contributed by atoms with Crippen LogP contribution in [0, 0.1) is 0 Å². The molecule has 1 aromatic heterocycles. The van der Waals surface area contributed by atoms with Gasteiger partial charge >= 0.3 is 0 Å². The van der Waals surface area contributed by atoms with Crippen LogP contribution in [-0.2, 0) is 6.54 Å². The standard InChI is InChI=1S/C16H23N3S/c1-5-19(13-9-7-6-8-10-13)16-18-15(12(2)3)14(20-16)11-17-4/h6-10,12,17H,5,11H2,1-4H3. The molecule has 1 aromatic carbocycles. The monoisotopic (exact) mass is 289 g/mol. The summed E-state index contributed by atoms with van der Waals surface area (Å²) in [6, 6.07) is 10.5. The lowest BCUT2D eigenvalue weighted by Gasteiger charge is -2.19. The van der Waals surface area contributed by atoms with Crippen molar-refractivity contribution < 1.29 is 0 Å². The quantitative estimate of drug-likeness (QED) is 0.866. The zero-order valence-electron chi connectivity index (χ0n) is 12.7. The molecule has 108 valence electrons. The molecule has 0 saturated carbocycles. The van der Waals surface area contributed by atoms with Crippen LogP contribution in [0.3, 0.4) is 0 Å². The highest BCUT2D eigenvalue weighted by Crippen LogP contribution is 2.34. The Labute approximate surface area is 125 Å². The van der Waals surface area contributed by atoms with E-state index in [-0.39, 0.29) is 0 Å². The maximum Gasteiger partial charge on any atom is 0.190 e. The average molecular weight is 289 g/mol. The second-order valence-electron chi connectivity index (χ2n) is 5.07. The summed E-state index contributed by atoms with van der Waals surface area (Å²) in [7, 11) is 1.98. The first-order chi connectivity index (χ1) is 9.67. The number of rotatable bonds is 6. The molecule has 0 radical (unpaired) electrons. The second-order valence-corrected chi connectivity index (χ2v) is 6.13. The molecule has 0 aliphatic rings. The SMILES string of the molecule is CCN(c1ccccc1)c1nc(C(C)C)c(CNC)s1. The first-order valence-electron chi connectivity index (χ1n) is 7.14. The number of anilines is 2. The highest BCUT2D eigenvalue weighted by atomic mass is 32.1. The summed E-state index contributed by atoms with van der Waals surface area (Å²) < 4.78 is 0. The third-order valence-corrected chi connectivity index (χ3v) is 4.31. The van der Waals surface area contributed by atoms with Crippen LogP contribution in [0.4, 0.5) is 10.8 Å². The lowest BCUT2D eigenvalue weighted by molar-refractivity contribution is 0.770. The van der Waals surface area contributed by atoms with Gasteiger partial charge in [-0.25, -0.2) is 4.98 Å². The minimum absolute atomic E-state index is 0.456. The predicted molar refractivity (Wildman–Crippen MR) is 88.1 cm³/mol. The van der Waals surface area contributed by atoms with E-state index in [9.17, 15) is 0 Å². The van der Waals surface area contributed by atoms with Crippen molar-refractivity contribution in [3.05, 3.63) is 40.9 Å². The number of benzene rings is 1. The molecule has 0 atom stereocenters. The predicted octanol–water partition coefficient (Wildman–Crippen LogP) is 4.14. The van der Waals surface area contributed by atoms with Gasteiger partial charge in [0.1, 0.15) is 0 Å². The Morgan fingerprint density at radius 3 is 2.50 bits per heavy atom. The molecule has 0 bridgehead atoms. The average Bonchev–Trinajstić information content (AvgIpc) is 2.85. The first kappa shape index (κ1) is 15.0. The van der Waals surface area contributed by atoms with Gasteiger partial charge in [-0.3, -0.25) is 0 Å². The molecule has 0 unspecified atom stereocenters. The van der Waals surface area contributed by atoms with E-state index in [1.54, 1.807) is 11.3 Å². The molecule has 2 aromatic rings. The Kier molecular flexibility index (Phi) is 5.15. The highest BCUT2D eigenvalue weighted by molar-refractivity contribution is 7.15. The molecule has 0 aliphatic heterocycles. The summed E-state index contributed by atoms with van der Waals surface area (Å²) in [5, 5.41) is 4.33. The topological polar surface area (TPSA) is 28.2 Å². The molecular formula is C16H23N3S. The number of nitrogens with one attached hydrogen (secondary N) is 1. The van der Waals surface area contributed by atoms with Gasteiger partial charge in [0.25, 0.3) is 0 Å². The number of thiazole rings is 1. The first-order valence-corrected chi connectivity index (χ1v) is 7.95. The highest BCUT2D eigenvalue weighted by Gasteiger charge is 2.18. The van der Waals surface area contributed by atoms with Crippen LogP contribution in [0.1, 0.15) is 37.3 Å². The van der Waals surface area contributed by atoms with Crippen LogP contribution in [0.25, 0.3) is 0 Å². The zero-order valence-corrected chi connectivity index (χ0v) is 13.5. The van der Waals surface area contributed by atoms with Gasteiger partial charge in [0.15, 0.2) is 5.13 Å². The van der Waals surface area contributed by atoms with Crippen LogP contribution < -0.4 is 10.2 Å². The molecule has 20 heavy (non-hydrogen) atoms. The van der Waals surface area contributed by atoms with Crippen LogP contribution in [0.15, 0.2) is 30.3 Å². The van der Waals surface area contributed by atoms with Crippen LogP contribution >= 0.6 is 11.3 Å². The van der Waals surface area contributed by atoms with Crippen molar-refractivity contribution in [2.24, 2.45) is 0 Å². The van der Waals surface area contributed by atoms with Crippen LogP contribution in [0.5, 0.6) is 0 Å². The van der Waals surface area contributed by atoms with Gasteiger partial charge in [-0.2, -0.15) is 0 Å². The van der Waals surface area contributed by atoms with Crippen molar-refractivity contribution in [1.82, 2.24) is 10.3 Å². The van der Waals surface area contributed by atoms with Crippen LogP contribution in [0.2, 0.25) is 0 Å². The summed E-state index contributed by atoms with van der Waals surface area (Å²) in [6.07, 6.45) is 0. The third kappa shape index (κ3) is 3.19. The molecule has 0 amide bonds. The summed E-state index contributed by atoms with van der Waals surface area (Å²) >= 11 is 1.79. The fourth-order valence-corrected chi connectivity index (χ4v) is 3.55. The van der Waals surface area contributed by atoms with Crippen molar-refractivity contribution in [2.45, 2.75) is 33.2 Å². The fourth-order valence-electron chi connectivity index (χ4n) is 2.24. The largest absolute Gasteiger partial charge is 0.318 e. The van der Waals surface area contributed by atoms with Gasteiger partial charge in [-0.15, -0.1) is 0 Å². The fraction of sp³-hybridized carbons (Fsp3) is 0.438. The lowest BCUT2D eigenvalue weighted by Crippen LogP contribution is -2.15. The summed E-state index contributed by atoms with van der Waals surface area (Å²) in [5.41, 5.74) is 2.42. The molecule has 1 heterocycles. The summed E-state index contributed by atoms with van der Waals surface area (Å²) in [6.45, 7) is 8.39. The maximum absolute atomic E-state index is 4.88. The molecule has 0 aliphatic carbocycles. The van der Waals surface area contributed by atoms with Gasteiger partial charge in [-0.05, 0) is 32.0 Å². The Bertz CT molecular complexity index is 534. The van der Waals surface area contributed by atoms with E-state index in [0.717, 1.165) is 18.2 Å². The maximum atomic E-state index is 4.88. The molecule has 0 fully saturated rings. The number of hydrogen-bond acceptors (Lipinski definition) is 4. The third-order valence-electron chi connectivity index (χ3n) is 3.22. The van der Waals surface area contributed by atoms with Gasteiger partial charge in [0.05, 0.1) is 5.69 Å².